The fraction of sp³-hybridized carbons (Fsp3) is 0.500. The third-order valence-electron chi connectivity index (χ3n) is 5.26. The van der Waals surface area contributed by atoms with E-state index < -0.39 is 0 Å². The highest BCUT2D eigenvalue weighted by Crippen LogP contribution is 2.22. The molecule has 158 valence electrons. The fourth-order valence-electron chi connectivity index (χ4n) is 3.54. The second-order valence-electron chi connectivity index (χ2n) is 7.25. The zero-order chi connectivity index (χ0) is 20.5. The Morgan fingerprint density at radius 3 is 2.48 bits per heavy atom. The number of hydrogen-bond acceptors (Lipinski definition) is 3. The third-order valence-corrected chi connectivity index (χ3v) is 5.26. The van der Waals surface area contributed by atoms with Crippen molar-refractivity contribution in [1.29, 1.82) is 0 Å². The first-order chi connectivity index (χ1) is 14.2. The van der Waals surface area contributed by atoms with E-state index in [2.05, 4.69) is 36.9 Å². The van der Waals surface area contributed by atoms with Crippen LogP contribution >= 0.6 is 0 Å². The van der Waals surface area contributed by atoms with Crippen LogP contribution in [0.2, 0.25) is 0 Å². The first kappa shape index (κ1) is 21.2. The molecule has 2 N–H and O–H groups in total. The highest BCUT2D eigenvalue weighted by Gasteiger charge is 2.18. The minimum atomic E-state index is -0.159. The quantitative estimate of drug-likeness (QED) is 0.528. The molecule has 2 aromatic rings. The Morgan fingerprint density at radius 2 is 1.83 bits per heavy atom. The van der Waals surface area contributed by atoms with Crippen molar-refractivity contribution in [2.75, 3.05) is 50.7 Å². The molecule has 0 amide bonds. The summed E-state index contributed by atoms with van der Waals surface area (Å²) in [6.45, 7) is 11.9. The first-order valence-corrected chi connectivity index (χ1v) is 10.6. The molecule has 0 unspecified atom stereocenters. The van der Waals surface area contributed by atoms with E-state index in [0.717, 1.165) is 63.9 Å². The van der Waals surface area contributed by atoms with Crippen LogP contribution in [0.15, 0.2) is 47.7 Å². The Morgan fingerprint density at radius 1 is 1.07 bits per heavy atom. The van der Waals surface area contributed by atoms with Gasteiger partial charge in [-0.25, -0.2) is 9.38 Å². The second-order valence-corrected chi connectivity index (χ2v) is 7.25. The van der Waals surface area contributed by atoms with Gasteiger partial charge in [0.15, 0.2) is 5.96 Å². The highest BCUT2D eigenvalue weighted by molar-refractivity contribution is 5.79. The summed E-state index contributed by atoms with van der Waals surface area (Å²) in [7, 11) is 0. The number of anilines is 1. The maximum atomic E-state index is 14.7. The van der Waals surface area contributed by atoms with Crippen molar-refractivity contribution in [1.82, 2.24) is 20.1 Å². The fourth-order valence-corrected chi connectivity index (χ4v) is 3.54. The average Bonchev–Trinajstić information content (AvgIpc) is 3.26. The zero-order valence-electron chi connectivity index (χ0n) is 17.6. The number of benzene rings is 1. The minimum absolute atomic E-state index is 0.159. The number of aliphatic imine (C=N–C) groups is 1. The lowest BCUT2D eigenvalue weighted by atomic mass is 10.1. The monoisotopic (exact) mass is 400 g/mol. The van der Waals surface area contributed by atoms with E-state index in [1.807, 2.05) is 43.6 Å². The molecule has 0 atom stereocenters. The van der Waals surface area contributed by atoms with Gasteiger partial charge in [0, 0.05) is 58.2 Å². The Hall–Kier alpha value is -2.54. The molecule has 2 heterocycles. The Bertz CT molecular complexity index is 766. The van der Waals surface area contributed by atoms with Gasteiger partial charge in [0.25, 0.3) is 0 Å². The van der Waals surface area contributed by atoms with E-state index in [0.29, 0.717) is 12.2 Å². The smallest absolute Gasteiger partial charge is 0.191 e. The number of nitrogens with one attached hydrogen (secondary N) is 2. The molecule has 0 spiro atoms. The van der Waals surface area contributed by atoms with Crippen LogP contribution in [-0.2, 0) is 13.1 Å². The van der Waals surface area contributed by atoms with Crippen LogP contribution in [0.4, 0.5) is 10.1 Å². The van der Waals surface area contributed by atoms with Crippen molar-refractivity contribution in [3.63, 3.8) is 0 Å². The van der Waals surface area contributed by atoms with Gasteiger partial charge in [-0.1, -0.05) is 13.0 Å². The molecule has 0 aliphatic carbocycles. The maximum absolute atomic E-state index is 14.7. The van der Waals surface area contributed by atoms with E-state index in [-0.39, 0.29) is 5.82 Å². The summed E-state index contributed by atoms with van der Waals surface area (Å²) in [6, 6.07) is 9.53. The van der Waals surface area contributed by atoms with Gasteiger partial charge < -0.3 is 25.0 Å². The number of piperazine rings is 1. The van der Waals surface area contributed by atoms with Crippen molar-refractivity contribution < 1.29 is 4.39 Å². The largest absolute Gasteiger partial charge is 0.367 e. The Balaban J connectivity index is 1.55. The standard InChI is InChI=1S/C22H33FN6/c1-3-24-22(25-9-12-28-10-5-6-11-28)26-18-19-7-8-21(20(23)17-19)29-15-13-27(4-2)14-16-29/h5-8,10-11,17H,3-4,9,12-16,18H2,1-2H3,(H2,24,25,26). The predicted molar refractivity (Wildman–Crippen MR) is 118 cm³/mol. The molecule has 1 saturated heterocycles. The molecule has 3 rings (SSSR count). The van der Waals surface area contributed by atoms with Crippen molar-refractivity contribution >= 4 is 11.6 Å². The summed E-state index contributed by atoms with van der Waals surface area (Å²) in [6.07, 6.45) is 4.08. The summed E-state index contributed by atoms with van der Waals surface area (Å²) in [4.78, 5) is 9.14. The normalized spacial score (nSPS) is 15.6. The molecule has 1 aliphatic rings. The number of guanidine groups is 1. The number of hydrogen-bond donors (Lipinski definition) is 2. The average molecular weight is 401 g/mol. The van der Waals surface area contributed by atoms with Crippen LogP contribution in [0.5, 0.6) is 0 Å². The van der Waals surface area contributed by atoms with Crippen LogP contribution in [-0.4, -0.2) is 61.2 Å². The number of halogens is 1. The lowest BCUT2D eigenvalue weighted by Crippen LogP contribution is -2.46. The van der Waals surface area contributed by atoms with E-state index in [1.165, 1.54) is 0 Å². The molecule has 1 fully saturated rings. The lowest BCUT2D eigenvalue weighted by molar-refractivity contribution is 0.270. The van der Waals surface area contributed by atoms with Gasteiger partial charge in [-0.15, -0.1) is 0 Å². The molecule has 0 bridgehead atoms. The zero-order valence-corrected chi connectivity index (χ0v) is 17.6. The number of nitrogens with zero attached hydrogens (tertiary/aromatic N) is 4. The first-order valence-electron chi connectivity index (χ1n) is 10.6. The van der Waals surface area contributed by atoms with E-state index in [4.69, 9.17) is 0 Å². The van der Waals surface area contributed by atoms with E-state index >= 15 is 0 Å². The summed E-state index contributed by atoms with van der Waals surface area (Å²) in [5.74, 6) is 0.591. The number of rotatable bonds is 8. The van der Waals surface area contributed by atoms with Gasteiger partial charge in [-0.05, 0) is 43.3 Å². The second kappa shape index (κ2) is 10.9. The van der Waals surface area contributed by atoms with Crippen LogP contribution in [0.1, 0.15) is 19.4 Å². The molecule has 1 aromatic carbocycles. The third kappa shape index (κ3) is 6.22. The van der Waals surface area contributed by atoms with Crippen LogP contribution < -0.4 is 15.5 Å². The minimum Gasteiger partial charge on any atom is -0.367 e. The topological polar surface area (TPSA) is 47.8 Å². The van der Waals surface area contributed by atoms with Crippen molar-refractivity contribution in [2.24, 2.45) is 4.99 Å². The van der Waals surface area contributed by atoms with Gasteiger partial charge in [-0.3, -0.25) is 0 Å². The van der Waals surface area contributed by atoms with Gasteiger partial charge in [0.05, 0.1) is 12.2 Å². The van der Waals surface area contributed by atoms with E-state index in [1.54, 1.807) is 6.07 Å². The van der Waals surface area contributed by atoms with E-state index in [9.17, 15) is 4.39 Å². The summed E-state index contributed by atoms with van der Waals surface area (Å²) in [5, 5.41) is 6.57. The van der Waals surface area contributed by atoms with Crippen molar-refractivity contribution in [2.45, 2.75) is 26.9 Å². The molecule has 0 saturated carbocycles. The summed E-state index contributed by atoms with van der Waals surface area (Å²) in [5.41, 5.74) is 1.58. The number of likely N-dealkylation sites (N-methyl/N-ethyl adjacent to an activating group) is 1. The molecule has 6 nitrogen and oxygen atoms in total. The summed E-state index contributed by atoms with van der Waals surface area (Å²) >= 11 is 0. The maximum Gasteiger partial charge on any atom is 0.191 e. The molecular formula is C22H33FN6. The van der Waals surface area contributed by atoms with Crippen molar-refractivity contribution in [3.8, 4) is 0 Å². The number of aromatic nitrogens is 1. The highest BCUT2D eigenvalue weighted by atomic mass is 19.1. The molecule has 7 heteroatoms. The van der Waals surface area contributed by atoms with Crippen LogP contribution in [0.3, 0.4) is 0 Å². The van der Waals surface area contributed by atoms with Gasteiger partial charge in [0.2, 0.25) is 0 Å². The van der Waals surface area contributed by atoms with Crippen LogP contribution in [0, 0.1) is 5.82 Å². The molecule has 1 aliphatic heterocycles. The van der Waals surface area contributed by atoms with Gasteiger partial charge >= 0.3 is 0 Å². The molecule has 0 radical (unpaired) electrons. The predicted octanol–water partition coefficient (Wildman–Crippen LogP) is 2.52. The molecule has 29 heavy (non-hydrogen) atoms. The van der Waals surface area contributed by atoms with Crippen molar-refractivity contribution in [3.05, 3.63) is 54.1 Å². The van der Waals surface area contributed by atoms with Crippen LogP contribution in [0.25, 0.3) is 0 Å². The van der Waals surface area contributed by atoms with Gasteiger partial charge in [0.1, 0.15) is 5.82 Å². The Labute approximate surface area is 173 Å². The summed E-state index contributed by atoms with van der Waals surface area (Å²) < 4.78 is 16.8. The molecular weight excluding hydrogens is 367 g/mol. The van der Waals surface area contributed by atoms with Gasteiger partial charge in [-0.2, -0.15) is 0 Å². The molecule has 1 aromatic heterocycles. The Kier molecular flexibility index (Phi) is 7.93. The lowest BCUT2D eigenvalue weighted by Gasteiger charge is -2.35. The SMILES string of the molecule is CCNC(=NCc1ccc(N2CCN(CC)CC2)c(F)c1)NCCn1cccc1.